The maximum Gasteiger partial charge on any atom is 0.0799 e. The Morgan fingerprint density at radius 3 is 2.19 bits per heavy atom. The largest absolute Gasteiger partial charge is 0.256 e. The van der Waals surface area contributed by atoms with Crippen LogP contribution in [-0.4, -0.2) is 13.1 Å². The monoisotopic (exact) mass is 373 g/mol. The molecule has 0 saturated heterocycles. The Kier molecular flexibility index (Phi) is 5.66. The van der Waals surface area contributed by atoms with Gasteiger partial charge in [-0.25, -0.2) is 0 Å². The van der Waals surface area contributed by atoms with Crippen LogP contribution in [0.4, 0.5) is 0 Å². The van der Waals surface area contributed by atoms with E-state index >= 15 is 0 Å². The van der Waals surface area contributed by atoms with E-state index < -0.39 is 8.07 Å². The molecule has 0 spiro atoms. The zero-order valence-electron chi connectivity index (χ0n) is 17.5. The van der Waals surface area contributed by atoms with E-state index in [1.807, 2.05) is 0 Å². The zero-order chi connectivity index (χ0) is 19.6. The summed E-state index contributed by atoms with van der Waals surface area (Å²) in [6, 6.07) is 19.7. The van der Waals surface area contributed by atoms with Gasteiger partial charge in [0.05, 0.1) is 13.8 Å². The second-order valence-electron chi connectivity index (χ2n) is 8.97. The molecule has 1 aromatic heterocycles. The summed E-state index contributed by atoms with van der Waals surface area (Å²) >= 11 is 0. The molecule has 0 atom stereocenters. The summed E-state index contributed by atoms with van der Waals surface area (Å²) in [7, 11) is -1.40. The van der Waals surface area contributed by atoms with E-state index in [4.69, 9.17) is 4.98 Å². The van der Waals surface area contributed by atoms with Crippen molar-refractivity contribution in [1.29, 1.82) is 0 Å². The molecule has 0 aliphatic heterocycles. The lowest BCUT2D eigenvalue weighted by molar-refractivity contribution is 0.649. The fourth-order valence-corrected chi connectivity index (χ4v) is 5.29. The van der Waals surface area contributed by atoms with Crippen LogP contribution >= 0.6 is 0 Å². The quantitative estimate of drug-likeness (QED) is 0.467. The fourth-order valence-electron chi connectivity index (χ4n) is 3.70. The molecule has 0 saturated carbocycles. The van der Waals surface area contributed by atoms with Crippen molar-refractivity contribution in [2.24, 2.45) is 5.92 Å². The fraction of sp³-hybridized carbons (Fsp3) is 0.320. The highest BCUT2D eigenvalue weighted by Gasteiger charge is 2.21. The number of hydrogen-bond donors (Lipinski definition) is 0. The number of nitrogens with zero attached hydrogens (tertiary/aromatic N) is 1. The summed E-state index contributed by atoms with van der Waals surface area (Å²) in [5.41, 5.74) is 7.64. The van der Waals surface area contributed by atoms with E-state index in [1.54, 1.807) is 0 Å². The Hall–Kier alpha value is -2.19. The first-order valence-corrected chi connectivity index (χ1v) is 13.4. The smallest absolute Gasteiger partial charge is 0.0799 e. The predicted molar refractivity (Wildman–Crippen MR) is 121 cm³/mol. The SMILES string of the molecule is Cc1cc(-c2cc(CC(C)C)c([Si](C)(C)C)cn2)ccc1-c1ccccc1. The van der Waals surface area contributed by atoms with Gasteiger partial charge in [-0.05, 0) is 58.8 Å². The van der Waals surface area contributed by atoms with Crippen LogP contribution in [0, 0.1) is 12.8 Å². The maximum absolute atomic E-state index is 4.86. The van der Waals surface area contributed by atoms with Crippen LogP contribution in [0.5, 0.6) is 0 Å². The molecule has 0 radical (unpaired) electrons. The molecular weight excluding hydrogens is 342 g/mol. The van der Waals surface area contributed by atoms with Crippen LogP contribution in [0.15, 0.2) is 60.8 Å². The molecule has 0 bridgehead atoms. The Morgan fingerprint density at radius 2 is 1.59 bits per heavy atom. The van der Waals surface area contributed by atoms with Gasteiger partial charge in [-0.3, -0.25) is 4.98 Å². The number of aromatic nitrogens is 1. The molecule has 0 aliphatic rings. The predicted octanol–water partition coefficient (Wildman–Crippen LogP) is 6.47. The molecule has 2 heteroatoms. The lowest BCUT2D eigenvalue weighted by atomic mass is 9.96. The number of rotatable bonds is 5. The van der Waals surface area contributed by atoms with Crippen LogP contribution < -0.4 is 5.19 Å². The second kappa shape index (κ2) is 7.81. The molecule has 1 nitrogen and oxygen atoms in total. The Morgan fingerprint density at radius 1 is 0.889 bits per heavy atom. The van der Waals surface area contributed by atoms with Crippen LogP contribution in [0.3, 0.4) is 0 Å². The van der Waals surface area contributed by atoms with Crippen LogP contribution in [0.2, 0.25) is 19.6 Å². The van der Waals surface area contributed by atoms with Crippen molar-refractivity contribution in [1.82, 2.24) is 4.98 Å². The molecule has 27 heavy (non-hydrogen) atoms. The van der Waals surface area contributed by atoms with Gasteiger partial charge in [-0.1, -0.05) is 76.0 Å². The average molecular weight is 374 g/mol. The first kappa shape index (κ1) is 19.6. The van der Waals surface area contributed by atoms with E-state index in [0.29, 0.717) is 5.92 Å². The number of aryl methyl sites for hydroxylation is 1. The van der Waals surface area contributed by atoms with Crippen molar-refractivity contribution in [2.45, 2.75) is 46.8 Å². The summed E-state index contributed by atoms with van der Waals surface area (Å²) in [5, 5.41) is 1.50. The Bertz CT molecular complexity index is 921. The first-order valence-electron chi connectivity index (χ1n) is 9.91. The molecule has 3 aromatic rings. The third kappa shape index (κ3) is 4.56. The van der Waals surface area contributed by atoms with Gasteiger partial charge < -0.3 is 0 Å². The topological polar surface area (TPSA) is 12.9 Å². The van der Waals surface area contributed by atoms with E-state index in [-0.39, 0.29) is 0 Å². The zero-order valence-corrected chi connectivity index (χ0v) is 18.5. The van der Waals surface area contributed by atoms with Crippen LogP contribution in [0.25, 0.3) is 22.4 Å². The van der Waals surface area contributed by atoms with Crippen molar-refractivity contribution < 1.29 is 0 Å². The van der Waals surface area contributed by atoms with Crippen molar-refractivity contribution in [2.75, 3.05) is 0 Å². The van der Waals surface area contributed by atoms with Gasteiger partial charge in [0.2, 0.25) is 0 Å². The summed E-state index contributed by atoms with van der Waals surface area (Å²) in [6.45, 7) is 14.0. The molecular formula is C25H31NSi. The lowest BCUT2D eigenvalue weighted by Crippen LogP contribution is -2.40. The average Bonchev–Trinajstić information content (AvgIpc) is 2.61. The minimum absolute atomic E-state index is 0.651. The van der Waals surface area contributed by atoms with E-state index in [2.05, 4.69) is 101 Å². The van der Waals surface area contributed by atoms with E-state index in [1.165, 1.54) is 33.0 Å². The Balaban J connectivity index is 2.02. The molecule has 140 valence electrons. The third-order valence-corrected chi connectivity index (χ3v) is 7.10. The van der Waals surface area contributed by atoms with Gasteiger partial charge in [0.25, 0.3) is 0 Å². The van der Waals surface area contributed by atoms with Crippen LogP contribution in [0.1, 0.15) is 25.0 Å². The van der Waals surface area contributed by atoms with Crippen LogP contribution in [-0.2, 0) is 6.42 Å². The summed E-state index contributed by atoms with van der Waals surface area (Å²) < 4.78 is 0. The number of hydrogen-bond acceptors (Lipinski definition) is 1. The minimum Gasteiger partial charge on any atom is -0.256 e. The number of pyridine rings is 1. The highest BCUT2D eigenvalue weighted by Crippen LogP contribution is 2.28. The molecule has 0 fully saturated rings. The summed E-state index contributed by atoms with van der Waals surface area (Å²) in [6.07, 6.45) is 3.27. The lowest BCUT2D eigenvalue weighted by Gasteiger charge is -2.22. The van der Waals surface area contributed by atoms with Gasteiger partial charge in [0, 0.05) is 11.8 Å². The first-order chi connectivity index (χ1) is 12.8. The second-order valence-corrected chi connectivity index (χ2v) is 14.0. The molecule has 1 heterocycles. The molecule has 0 unspecified atom stereocenters. The van der Waals surface area contributed by atoms with E-state index in [9.17, 15) is 0 Å². The van der Waals surface area contributed by atoms with Crippen molar-refractivity contribution >= 4 is 13.3 Å². The Labute approximate surface area is 165 Å². The summed E-state index contributed by atoms with van der Waals surface area (Å²) in [5.74, 6) is 0.651. The van der Waals surface area contributed by atoms with Gasteiger partial charge in [0.1, 0.15) is 0 Å². The van der Waals surface area contributed by atoms with Gasteiger partial charge in [-0.2, -0.15) is 0 Å². The highest BCUT2D eigenvalue weighted by molar-refractivity contribution is 6.89. The van der Waals surface area contributed by atoms with Crippen molar-refractivity contribution in [3.05, 3.63) is 71.9 Å². The van der Waals surface area contributed by atoms with E-state index in [0.717, 1.165) is 12.1 Å². The molecule has 0 amide bonds. The standard InChI is InChI=1S/C25H31NSi/c1-18(2)14-22-16-24(26-17-25(22)27(4,5)6)21-12-13-23(19(3)15-21)20-10-8-7-9-11-20/h7-13,15-18H,14H2,1-6H3. The molecule has 0 aliphatic carbocycles. The van der Waals surface area contributed by atoms with Gasteiger partial charge >= 0.3 is 0 Å². The normalized spacial score (nSPS) is 11.8. The third-order valence-electron chi connectivity index (χ3n) is 5.03. The molecule has 2 aromatic carbocycles. The van der Waals surface area contributed by atoms with Gasteiger partial charge in [-0.15, -0.1) is 0 Å². The minimum atomic E-state index is -1.40. The summed E-state index contributed by atoms with van der Waals surface area (Å²) in [4.78, 5) is 4.86. The molecule has 0 N–H and O–H groups in total. The number of benzene rings is 2. The molecule has 3 rings (SSSR count). The maximum atomic E-state index is 4.86. The van der Waals surface area contributed by atoms with Crippen molar-refractivity contribution in [3.8, 4) is 22.4 Å². The highest BCUT2D eigenvalue weighted by atomic mass is 28.3. The van der Waals surface area contributed by atoms with Gasteiger partial charge in [0.15, 0.2) is 0 Å². The van der Waals surface area contributed by atoms with Crippen molar-refractivity contribution in [3.63, 3.8) is 0 Å².